The maximum atomic E-state index is 13.9. The molecule has 2 nitrogen and oxygen atoms in total. The van der Waals surface area contributed by atoms with Crippen LogP contribution in [0.15, 0.2) is 12.1 Å². The quantitative estimate of drug-likeness (QED) is 0.800. The van der Waals surface area contributed by atoms with E-state index < -0.39 is 0 Å². The Kier molecular flexibility index (Phi) is 6.08. The molecule has 0 bridgehead atoms. The molecule has 0 aliphatic carbocycles. The fourth-order valence-electron chi connectivity index (χ4n) is 2.18. The van der Waals surface area contributed by atoms with Gasteiger partial charge in [0.25, 0.3) is 0 Å². The van der Waals surface area contributed by atoms with Crippen molar-refractivity contribution < 1.29 is 13.9 Å². The molecule has 0 heterocycles. The lowest BCUT2D eigenvalue weighted by Crippen LogP contribution is -2.32. The van der Waals surface area contributed by atoms with Gasteiger partial charge in [0.15, 0.2) is 0 Å². The van der Waals surface area contributed by atoms with Crippen LogP contribution in [0.25, 0.3) is 0 Å². The van der Waals surface area contributed by atoms with Crippen LogP contribution in [0.4, 0.5) is 8.78 Å². The highest BCUT2D eigenvalue weighted by atomic mass is 19.1. The third-order valence-electron chi connectivity index (χ3n) is 3.64. The number of aliphatic hydroxyl groups is 1. The first-order valence-corrected chi connectivity index (χ1v) is 7.06. The van der Waals surface area contributed by atoms with Gasteiger partial charge in [-0.2, -0.15) is 0 Å². The molecule has 114 valence electrons. The van der Waals surface area contributed by atoms with E-state index >= 15 is 0 Å². The van der Waals surface area contributed by atoms with Gasteiger partial charge in [0, 0.05) is 24.8 Å². The van der Waals surface area contributed by atoms with Crippen molar-refractivity contribution in [1.29, 1.82) is 0 Å². The fraction of sp³-hybridized carbons (Fsp3) is 0.625. The van der Waals surface area contributed by atoms with E-state index in [1.807, 2.05) is 6.92 Å². The van der Waals surface area contributed by atoms with Crippen LogP contribution in [-0.2, 0) is 0 Å². The average Bonchev–Trinajstić information content (AvgIpc) is 2.38. The molecule has 1 aromatic carbocycles. The number of aryl methyl sites for hydroxylation is 1. The minimum absolute atomic E-state index is 0.0106. The summed E-state index contributed by atoms with van der Waals surface area (Å²) >= 11 is 0. The molecule has 1 unspecified atom stereocenters. The Balaban J connectivity index is 2.67. The minimum atomic E-state index is -0.380. The van der Waals surface area contributed by atoms with Crippen LogP contribution in [-0.4, -0.2) is 18.3 Å². The zero-order chi connectivity index (χ0) is 15.3. The Morgan fingerprint density at radius 2 is 1.90 bits per heavy atom. The van der Waals surface area contributed by atoms with Gasteiger partial charge >= 0.3 is 0 Å². The maximum Gasteiger partial charge on any atom is 0.128 e. The standard InChI is InChI=1S/C16H25F2NO/c1-11-8-15(18)13(9-14(11)17)12(2)19-10-16(3,4)6-5-7-20/h8-9,12,19-20H,5-7,10H2,1-4H3. The number of hydrogen-bond donors (Lipinski definition) is 2. The van der Waals surface area contributed by atoms with Gasteiger partial charge in [-0.3, -0.25) is 0 Å². The molecule has 2 N–H and O–H groups in total. The summed E-state index contributed by atoms with van der Waals surface area (Å²) in [6, 6.07) is 2.25. The summed E-state index contributed by atoms with van der Waals surface area (Å²) < 4.78 is 27.4. The third kappa shape index (κ3) is 4.84. The molecule has 1 atom stereocenters. The maximum absolute atomic E-state index is 13.9. The number of hydrogen-bond acceptors (Lipinski definition) is 2. The Hall–Kier alpha value is -1.00. The second-order valence-corrected chi connectivity index (χ2v) is 6.22. The van der Waals surface area contributed by atoms with Gasteiger partial charge < -0.3 is 10.4 Å². The van der Waals surface area contributed by atoms with Crippen molar-refractivity contribution in [2.75, 3.05) is 13.2 Å². The van der Waals surface area contributed by atoms with Gasteiger partial charge in [0.2, 0.25) is 0 Å². The first-order chi connectivity index (χ1) is 9.26. The summed E-state index contributed by atoms with van der Waals surface area (Å²) in [5.74, 6) is -0.758. The topological polar surface area (TPSA) is 32.3 Å². The Morgan fingerprint density at radius 1 is 1.25 bits per heavy atom. The van der Waals surface area contributed by atoms with Gasteiger partial charge in [0.1, 0.15) is 11.6 Å². The van der Waals surface area contributed by atoms with Crippen molar-refractivity contribution in [1.82, 2.24) is 5.32 Å². The highest BCUT2D eigenvalue weighted by Crippen LogP contribution is 2.24. The van der Waals surface area contributed by atoms with E-state index in [4.69, 9.17) is 5.11 Å². The lowest BCUT2D eigenvalue weighted by Gasteiger charge is -2.27. The smallest absolute Gasteiger partial charge is 0.128 e. The fourth-order valence-corrected chi connectivity index (χ4v) is 2.18. The number of rotatable bonds is 7. The first-order valence-electron chi connectivity index (χ1n) is 7.06. The molecular formula is C16H25F2NO. The molecule has 0 saturated heterocycles. The van der Waals surface area contributed by atoms with Gasteiger partial charge in [-0.15, -0.1) is 0 Å². The Bertz CT molecular complexity index is 446. The highest BCUT2D eigenvalue weighted by molar-refractivity contribution is 5.27. The van der Waals surface area contributed by atoms with Crippen molar-refractivity contribution in [2.45, 2.75) is 46.6 Å². The first kappa shape index (κ1) is 17.1. The van der Waals surface area contributed by atoms with Crippen LogP contribution in [0.5, 0.6) is 0 Å². The van der Waals surface area contributed by atoms with Crippen molar-refractivity contribution in [3.8, 4) is 0 Å². The summed E-state index contributed by atoms with van der Waals surface area (Å²) in [6.45, 7) is 8.43. The van der Waals surface area contributed by atoms with E-state index in [2.05, 4.69) is 19.2 Å². The van der Waals surface area contributed by atoms with E-state index in [9.17, 15) is 8.78 Å². The molecule has 0 saturated carbocycles. The largest absolute Gasteiger partial charge is 0.396 e. The summed E-state index contributed by atoms with van der Waals surface area (Å²) in [5, 5.41) is 12.1. The average molecular weight is 285 g/mol. The number of benzene rings is 1. The molecule has 0 amide bonds. The normalized spacial score (nSPS) is 13.6. The van der Waals surface area contributed by atoms with E-state index in [1.165, 1.54) is 12.1 Å². The van der Waals surface area contributed by atoms with Gasteiger partial charge in [-0.1, -0.05) is 13.8 Å². The molecule has 0 aliphatic heterocycles. The number of halogens is 2. The van der Waals surface area contributed by atoms with Gasteiger partial charge in [-0.05, 0) is 49.8 Å². The predicted octanol–water partition coefficient (Wildman–Crippen LogP) is 3.72. The molecule has 0 aromatic heterocycles. The Morgan fingerprint density at radius 3 is 2.50 bits per heavy atom. The van der Waals surface area contributed by atoms with E-state index in [0.29, 0.717) is 17.7 Å². The summed E-state index contributed by atoms with van der Waals surface area (Å²) in [5.41, 5.74) is 0.684. The second kappa shape index (κ2) is 7.14. The van der Waals surface area contributed by atoms with Crippen LogP contribution in [0.3, 0.4) is 0 Å². The van der Waals surface area contributed by atoms with Crippen molar-refractivity contribution in [2.24, 2.45) is 5.41 Å². The van der Waals surface area contributed by atoms with Crippen LogP contribution in [0, 0.1) is 24.0 Å². The SMILES string of the molecule is Cc1cc(F)c(C(C)NCC(C)(C)CCCO)cc1F. The van der Waals surface area contributed by atoms with Crippen LogP contribution in [0.2, 0.25) is 0 Å². The van der Waals surface area contributed by atoms with Crippen molar-refractivity contribution in [3.05, 3.63) is 34.9 Å². The molecule has 20 heavy (non-hydrogen) atoms. The zero-order valence-electron chi connectivity index (χ0n) is 12.8. The molecule has 1 rings (SSSR count). The lowest BCUT2D eigenvalue weighted by atomic mass is 9.87. The molecule has 0 spiro atoms. The number of aliphatic hydroxyl groups excluding tert-OH is 1. The summed E-state index contributed by atoms with van der Waals surface area (Å²) in [4.78, 5) is 0. The van der Waals surface area contributed by atoms with Crippen molar-refractivity contribution >= 4 is 0 Å². The minimum Gasteiger partial charge on any atom is -0.396 e. The Labute approximate surface area is 120 Å². The van der Waals surface area contributed by atoms with Gasteiger partial charge in [-0.25, -0.2) is 8.78 Å². The van der Waals surface area contributed by atoms with Crippen molar-refractivity contribution in [3.63, 3.8) is 0 Å². The van der Waals surface area contributed by atoms with Gasteiger partial charge in [0.05, 0.1) is 0 Å². The third-order valence-corrected chi connectivity index (χ3v) is 3.64. The van der Waals surface area contributed by atoms with Crippen LogP contribution < -0.4 is 5.32 Å². The summed E-state index contributed by atoms with van der Waals surface area (Å²) in [6.07, 6.45) is 1.63. The lowest BCUT2D eigenvalue weighted by molar-refractivity contribution is 0.232. The zero-order valence-corrected chi connectivity index (χ0v) is 12.8. The molecule has 0 radical (unpaired) electrons. The van der Waals surface area contributed by atoms with Crippen LogP contribution >= 0.6 is 0 Å². The predicted molar refractivity (Wildman–Crippen MR) is 77.6 cm³/mol. The molecule has 0 aliphatic rings. The molecule has 0 fully saturated rings. The van der Waals surface area contributed by atoms with Crippen LogP contribution in [0.1, 0.15) is 50.8 Å². The van der Waals surface area contributed by atoms with E-state index in [0.717, 1.165) is 12.8 Å². The second-order valence-electron chi connectivity index (χ2n) is 6.22. The van der Waals surface area contributed by atoms with E-state index in [-0.39, 0.29) is 29.7 Å². The number of nitrogens with one attached hydrogen (secondary N) is 1. The van der Waals surface area contributed by atoms with E-state index in [1.54, 1.807) is 6.92 Å². The highest BCUT2D eigenvalue weighted by Gasteiger charge is 2.20. The molecular weight excluding hydrogens is 260 g/mol. The monoisotopic (exact) mass is 285 g/mol. The molecule has 1 aromatic rings. The summed E-state index contributed by atoms with van der Waals surface area (Å²) in [7, 11) is 0. The molecule has 4 heteroatoms.